The molecule has 2 saturated carbocycles. The van der Waals surface area contributed by atoms with Crippen LogP contribution in [0.4, 0.5) is 0 Å². The number of halogens is 1. The summed E-state index contributed by atoms with van der Waals surface area (Å²) >= 11 is 3.61. The van der Waals surface area contributed by atoms with Crippen LogP contribution in [0.25, 0.3) is 0 Å². The van der Waals surface area contributed by atoms with Gasteiger partial charge in [0.1, 0.15) is 0 Å². The average Bonchev–Trinajstić information content (AvgIpc) is 1.92. The van der Waals surface area contributed by atoms with Gasteiger partial charge in [-0.2, -0.15) is 0 Å². The Morgan fingerprint density at radius 3 is 2.33 bits per heavy atom. The second kappa shape index (κ2) is 2.98. The number of alkyl halides is 1. The maximum Gasteiger partial charge on any atom is 0.0527 e. The highest BCUT2D eigenvalue weighted by Crippen LogP contribution is 2.64. The fourth-order valence-electron chi connectivity index (χ4n) is 3.11. The molecule has 0 aromatic heterocycles. The zero-order valence-corrected chi connectivity index (χ0v) is 9.32. The van der Waals surface area contributed by atoms with Crippen LogP contribution in [0.15, 0.2) is 0 Å². The maximum atomic E-state index is 5.27. The van der Waals surface area contributed by atoms with E-state index in [1.807, 2.05) is 7.11 Å². The Kier molecular flexibility index (Phi) is 2.24. The maximum absolute atomic E-state index is 5.27. The topological polar surface area (TPSA) is 9.23 Å². The Hall–Kier alpha value is 0.440. The molecule has 70 valence electrons. The second-order valence-electron chi connectivity index (χ2n) is 4.77. The van der Waals surface area contributed by atoms with E-state index in [4.69, 9.17) is 4.74 Å². The van der Waals surface area contributed by atoms with Crippen molar-refractivity contribution in [1.29, 1.82) is 0 Å². The first-order valence-corrected chi connectivity index (χ1v) is 5.91. The van der Waals surface area contributed by atoms with Crippen LogP contribution in [0.2, 0.25) is 0 Å². The standard InChI is InChI=1S/C10H17BrO/c1-12-8-10(7-11)5-9(6-10)3-2-4-9/h2-8H2,1H3. The molecule has 2 aliphatic carbocycles. The minimum Gasteiger partial charge on any atom is -0.384 e. The third-order valence-corrected chi connectivity index (χ3v) is 4.84. The third-order valence-electron chi connectivity index (χ3n) is 3.65. The molecule has 2 heteroatoms. The summed E-state index contributed by atoms with van der Waals surface area (Å²) in [5.74, 6) is 0. The smallest absolute Gasteiger partial charge is 0.0527 e. The summed E-state index contributed by atoms with van der Waals surface area (Å²) < 4.78 is 5.27. The normalized spacial score (nSPS) is 29.5. The van der Waals surface area contributed by atoms with Crippen LogP contribution < -0.4 is 0 Å². The number of hydrogen-bond acceptors (Lipinski definition) is 1. The molecule has 0 aromatic carbocycles. The molecule has 0 amide bonds. The van der Waals surface area contributed by atoms with Gasteiger partial charge >= 0.3 is 0 Å². The molecule has 1 spiro atoms. The van der Waals surface area contributed by atoms with Crippen molar-refractivity contribution in [2.45, 2.75) is 32.1 Å². The number of ether oxygens (including phenoxy) is 1. The van der Waals surface area contributed by atoms with Gasteiger partial charge in [-0.3, -0.25) is 0 Å². The van der Waals surface area contributed by atoms with Crippen molar-refractivity contribution in [1.82, 2.24) is 0 Å². The van der Waals surface area contributed by atoms with E-state index in [2.05, 4.69) is 15.9 Å². The van der Waals surface area contributed by atoms with Crippen molar-refractivity contribution in [3.05, 3.63) is 0 Å². The van der Waals surface area contributed by atoms with E-state index in [-0.39, 0.29) is 0 Å². The third kappa shape index (κ3) is 1.24. The highest BCUT2D eigenvalue weighted by molar-refractivity contribution is 9.09. The molecule has 0 aromatic rings. The fourth-order valence-corrected chi connectivity index (χ4v) is 3.67. The van der Waals surface area contributed by atoms with Crippen molar-refractivity contribution in [2.24, 2.45) is 10.8 Å². The van der Waals surface area contributed by atoms with Gasteiger partial charge in [-0.25, -0.2) is 0 Å². The predicted octanol–water partition coefficient (Wildman–Crippen LogP) is 2.98. The van der Waals surface area contributed by atoms with Crippen LogP contribution >= 0.6 is 15.9 Å². The summed E-state index contributed by atoms with van der Waals surface area (Å²) in [6.45, 7) is 0.944. The predicted molar refractivity (Wildman–Crippen MR) is 53.6 cm³/mol. The largest absolute Gasteiger partial charge is 0.384 e. The molecule has 0 heterocycles. The lowest BCUT2D eigenvalue weighted by Gasteiger charge is -2.60. The Bertz CT molecular complexity index is 167. The molecular weight excluding hydrogens is 216 g/mol. The molecule has 2 rings (SSSR count). The molecule has 0 bridgehead atoms. The van der Waals surface area contributed by atoms with E-state index in [9.17, 15) is 0 Å². The van der Waals surface area contributed by atoms with E-state index in [0.29, 0.717) is 5.41 Å². The Labute approximate surface area is 83.0 Å². The van der Waals surface area contributed by atoms with Gasteiger partial charge in [-0.05, 0) is 31.1 Å². The SMILES string of the molecule is COCC1(CBr)CC2(CCC2)C1. The van der Waals surface area contributed by atoms with Crippen LogP contribution in [0.5, 0.6) is 0 Å². The first kappa shape index (κ1) is 9.01. The molecule has 12 heavy (non-hydrogen) atoms. The van der Waals surface area contributed by atoms with Gasteiger partial charge in [-0.1, -0.05) is 22.4 Å². The summed E-state index contributed by atoms with van der Waals surface area (Å²) in [5.41, 5.74) is 1.27. The van der Waals surface area contributed by atoms with Gasteiger partial charge in [0.2, 0.25) is 0 Å². The Morgan fingerprint density at radius 2 is 2.00 bits per heavy atom. The zero-order chi connectivity index (χ0) is 8.66. The molecule has 0 saturated heterocycles. The van der Waals surface area contributed by atoms with Crippen molar-refractivity contribution < 1.29 is 4.74 Å². The van der Waals surface area contributed by atoms with Crippen LogP contribution in [0.3, 0.4) is 0 Å². The lowest BCUT2D eigenvalue weighted by atomic mass is 9.46. The molecule has 0 aliphatic heterocycles. The average molecular weight is 233 g/mol. The monoisotopic (exact) mass is 232 g/mol. The van der Waals surface area contributed by atoms with Crippen molar-refractivity contribution in [2.75, 3.05) is 19.0 Å². The highest BCUT2D eigenvalue weighted by atomic mass is 79.9. The number of methoxy groups -OCH3 is 1. The van der Waals surface area contributed by atoms with Crippen molar-refractivity contribution in [3.8, 4) is 0 Å². The minimum absolute atomic E-state index is 0.495. The summed E-state index contributed by atoms with van der Waals surface area (Å²) in [6.07, 6.45) is 7.22. The zero-order valence-electron chi connectivity index (χ0n) is 7.74. The molecule has 0 radical (unpaired) electrons. The first-order chi connectivity index (χ1) is 5.74. The van der Waals surface area contributed by atoms with Gasteiger partial charge in [0.15, 0.2) is 0 Å². The van der Waals surface area contributed by atoms with E-state index >= 15 is 0 Å². The summed E-state index contributed by atoms with van der Waals surface area (Å²) in [5, 5.41) is 1.12. The Balaban J connectivity index is 1.89. The van der Waals surface area contributed by atoms with E-state index in [1.165, 1.54) is 32.1 Å². The highest BCUT2D eigenvalue weighted by Gasteiger charge is 2.56. The van der Waals surface area contributed by atoms with Crippen molar-refractivity contribution in [3.63, 3.8) is 0 Å². The summed E-state index contributed by atoms with van der Waals surface area (Å²) in [4.78, 5) is 0. The van der Waals surface area contributed by atoms with Crippen LogP contribution in [0.1, 0.15) is 32.1 Å². The quantitative estimate of drug-likeness (QED) is 0.681. The molecule has 2 aliphatic rings. The van der Waals surface area contributed by atoms with Gasteiger partial charge < -0.3 is 4.74 Å². The first-order valence-electron chi connectivity index (χ1n) is 4.79. The van der Waals surface area contributed by atoms with Gasteiger partial charge in [0.05, 0.1) is 6.61 Å². The van der Waals surface area contributed by atoms with Crippen LogP contribution in [0, 0.1) is 10.8 Å². The van der Waals surface area contributed by atoms with Gasteiger partial charge in [0.25, 0.3) is 0 Å². The van der Waals surface area contributed by atoms with Crippen LogP contribution in [-0.2, 0) is 4.74 Å². The lowest BCUT2D eigenvalue weighted by Crippen LogP contribution is -2.53. The van der Waals surface area contributed by atoms with Crippen LogP contribution in [-0.4, -0.2) is 19.0 Å². The number of rotatable bonds is 3. The summed E-state index contributed by atoms with van der Waals surface area (Å²) in [7, 11) is 1.82. The fraction of sp³-hybridized carbons (Fsp3) is 1.00. The Morgan fingerprint density at radius 1 is 1.33 bits per heavy atom. The van der Waals surface area contributed by atoms with E-state index in [1.54, 1.807) is 0 Å². The lowest BCUT2D eigenvalue weighted by molar-refractivity contribution is -0.113. The number of hydrogen-bond donors (Lipinski definition) is 0. The van der Waals surface area contributed by atoms with Gasteiger partial charge in [-0.15, -0.1) is 0 Å². The molecule has 0 unspecified atom stereocenters. The molecule has 1 nitrogen and oxygen atoms in total. The van der Waals surface area contributed by atoms with E-state index < -0.39 is 0 Å². The molecule has 0 atom stereocenters. The van der Waals surface area contributed by atoms with Gasteiger partial charge in [0, 0.05) is 17.9 Å². The minimum atomic E-state index is 0.495. The molecular formula is C10H17BrO. The second-order valence-corrected chi connectivity index (χ2v) is 5.33. The molecule has 2 fully saturated rings. The van der Waals surface area contributed by atoms with E-state index in [0.717, 1.165) is 17.4 Å². The summed E-state index contributed by atoms with van der Waals surface area (Å²) in [6, 6.07) is 0. The van der Waals surface area contributed by atoms with Crippen molar-refractivity contribution >= 4 is 15.9 Å². The molecule has 0 N–H and O–H groups in total.